The molecule has 0 spiro atoms. The molecule has 0 aromatic heterocycles. The molecule has 2 aromatic carbocycles. The zero-order valence-corrected chi connectivity index (χ0v) is 13.0. The van der Waals surface area contributed by atoms with Gasteiger partial charge in [-0.15, -0.1) is 0 Å². The normalized spacial score (nSPS) is 10.9. The number of hydrogen-bond donors (Lipinski definition) is 0. The predicted molar refractivity (Wildman–Crippen MR) is 81.5 cm³/mol. The van der Waals surface area contributed by atoms with Gasteiger partial charge in [0.05, 0.1) is 13.2 Å². The summed E-state index contributed by atoms with van der Waals surface area (Å²) in [5.41, 5.74) is 1.78. The van der Waals surface area contributed by atoms with E-state index in [1.54, 1.807) is 24.3 Å². The van der Waals surface area contributed by atoms with Gasteiger partial charge >= 0.3 is 8.25 Å². The van der Waals surface area contributed by atoms with Crippen LogP contribution in [0.15, 0.2) is 48.5 Å². The van der Waals surface area contributed by atoms with Crippen LogP contribution in [0.3, 0.4) is 0 Å². The zero-order valence-electron chi connectivity index (χ0n) is 10.5. The first-order valence-corrected chi connectivity index (χ1v) is 7.90. The third kappa shape index (κ3) is 5.28. The van der Waals surface area contributed by atoms with E-state index >= 15 is 0 Å². The maximum absolute atomic E-state index is 11.6. The van der Waals surface area contributed by atoms with E-state index in [2.05, 4.69) is 0 Å². The topological polar surface area (TPSA) is 35.5 Å². The van der Waals surface area contributed by atoms with Crippen molar-refractivity contribution >= 4 is 31.5 Å². The summed E-state index contributed by atoms with van der Waals surface area (Å²) in [7, 11) is -2.52. The summed E-state index contributed by atoms with van der Waals surface area (Å²) in [6, 6.07) is 14.3. The van der Waals surface area contributed by atoms with E-state index < -0.39 is 8.25 Å². The Hall–Kier alpha value is -0.830. The van der Waals surface area contributed by atoms with Gasteiger partial charge in [-0.3, -0.25) is 4.57 Å². The van der Waals surface area contributed by atoms with Gasteiger partial charge in [-0.25, -0.2) is 0 Å². The molecule has 0 amide bonds. The minimum atomic E-state index is -2.52. The van der Waals surface area contributed by atoms with Gasteiger partial charge in [0.1, 0.15) is 0 Å². The Morgan fingerprint density at radius 3 is 1.45 bits per heavy atom. The summed E-state index contributed by atoms with van der Waals surface area (Å²) in [5, 5.41) is 1.31. The highest BCUT2D eigenvalue weighted by Crippen LogP contribution is 2.27. The fraction of sp³-hybridized carbons (Fsp3) is 0.143. The third-order valence-corrected chi connectivity index (χ3v) is 3.80. The minimum absolute atomic E-state index is 0.232. The second kappa shape index (κ2) is 7.82. The van der Waals surface area contributed by atoms with Crippen LogP contribution in [0, 0.1) is 0 Å². The molecule has 106 valence electrons. The molecule has 0 aliphatic carbocycles. The standard InChI is InChI=1S/C14H13Cl2O3P/c15-13-5-1-11(2-6-13)9-18-20(17)19-10-12-3-7-14(16)8-4-12/h1-8,20H,9-10H2. The molecule has 0 radical (unpaired) electrons. The highest BCUT2D eigenvalue weighted by Gasteiger charge is 2.02. The Balaban J connectivity index is 1.75. The molecule has 2 aromatic rings. The molecule has 6 heteroatoms. The van der Waals surface area contributed by atoms with E-state index in [0.717, 1.165) is 11.1 Å². The predicted octanol–water partition coefficient (Wildman–Crippen LogP) is 5.12. The van der Waals surface area contributed by atoms with Crippen LogP contribution in [0.2, 0.25) is 10.0 Å². The van der Waals surface area contributed by atoms with Gasteiger partial charge in [-0.2, -0.15) is 0 Å². The van der Waals surface area contributed by atoms with E-state index in [4.69, 9.17) is 32.2 Å². The van der Waals surface area contributed by atoms with Crippen LogP contribution in [-0.4, -0.2) is 0 Å². The van der Waals surface area contributed by atoms with Gasteiger partial charge in [0.15, 0.2) is 0 Å². The van der Waals surface area contributed by atoms with E-state index in [0.29, 0.717) is 10.0 Å². The van der Waals surface area contributed by atoms with Gasteiger partial charge in [0, 0.05) is 10.0 Å². The first-order chi connectivity index (χ1) is 9.63. The SMILES string of the molecule is O=[PH](OCc1ccc(Cl)cc1)OCc1ccc(Cl)cc1. The van der Waals surface area contributed by atoms with Gasteiger partial charge in [-0.1, -0.05) is 47.5 Å². The van der Waals surface area contributed by atoms with E-state index in [9.17, 15) is 4.57 Å². The third-order valence-electron chi connectivity index (χ3n) is 2.54. The van der Waals surface area contributed by atoms with Crippen molar-refractivity contribution in [1.82, 2.24) is 0 Å². The monoisotopic (exact) mass is 330 g/mol. The fourth-order valence-corrected chi connectivity index (χ4v) is 2.39. The molecule has 0 saturated heterocycles. The van der Waals surface area contributed by atoms with Crippen molar-refractivity contribution in [3.8, 4) is 0 Å². The highest BCUT2D eigenvalue weighted by atomic mass is 35.5. The maximum atomic E-state index is 11.6. The molecule has 0 aliphatic heterocycles. The average Bonchev–Trinajstić information content (AvgIpc) is 2.46. The largest absolute Gasteiger partial charge is 0.319 e. The van der Waals surface area contributed by atoms with Gasteiger partial charge in [0.25, 0.3) is 0 Å². The summed E-state index contributed by atoms with van der Waals surface area (Å²) < 4.78 is 21.9. The lowest BCUT2D eigenvalue weighted by atomic mass is 10.2. The molecule has 20 heavy (non-hydrogen) atoms. The van der Waals surface area contributed by atoms with E-state index in [1.807, 2.05) is 24.3 Å². The molecule has 0 unspecified atom stereocenters. The molecule has 0 atom stereocenters. The Morgan fingerprint density at radius 2 is 1.10 bits per heavy atom. The Kier molecular flexibility index (Phi) is 6.08. The molecule has 0 aliphatic rings. The van der Waals surface area contributed by atoms with Crippen molar-refractivity contribution in [2.45, 2.75) is 13.2 Å². The minimum Gasteiger partial charge on any atom is -0.306 e. The Labute approximate surface area is 128 Å². The zero-order chi connectivity index (χ0) is 14.4. The second-order valence-electron chi connectivity index (χ2n) is 4.08. The lowest BCUT2D eigenvalue weighted by Gasteiger charge is -2.06. The van der Waals surface area contributed by atoms with Crippen LogP contribution in [0.5, 0.6) is 0 Å². The molecular formula is C14H13Cl2O3P. The first-order valence-electron chi connectivity index (χ1n) is 5.92. The van der Waals surface area contributed by atoms with Gasteiger partial charge in [-0.05, 0) is 35.4 Å². The van der Waals surface area contributed by atoms with Crippen molar-refractivity contribution < 1.29 is 13.6 Å². The summed E-state index contributed by atoms with van der Waals surface area (Å²) in [6.07, 6.45) is 0. The van der Waals surface area contributed by atoms with Crippen molar-refractivity contribution in [2.75, 3.05) is 0 Å². The van der Waals surface area contributed by atoms with Crippen LogP contribution >= 0.6 is 31.5 Å². The quantitative estimate of drug-likeness (QED) is 0.690. The summed E-state index contributed by atoms with van der Waals surface area (Å²) in [5.74, 6) is 0. The molecule has 0 saturated carbocycles. The van der Waals surface area contributed by atoms with E-state index in [-0.39, 0.29) is 13.2 Å². The van der Waals surface area contributed by atoms with Crippen molar-refractivity contribution in [2.24, 2.45) is 0 Å². The number of rotatable bonds is 6. The highest BCUT2D eigenvalue weighted by molar-refractivity contribution is 7.33. The Morgan fingerprint density at radius 1 is 0.750 bits per heavy atom. The molecule has 3 nitrogen and oxygen atoms in total. The van der Waals surface area contributed by atoms with Crippen LogP contribution in [0.1, 0.15) is 11.1 Å². The molecule has 0 fully saturated rings. The fourth-order valence-electron chi connectivity index (χ4n) is 1.49. The van der Waals surface area contributed by atoms with Crippen molar-refractivity contribution in [3.05, 3.63) is 69.7 Å². The van der Waals surface area contributed by atoms with Crippen LogP contribution in [-0.2, 0) is 26.8 Å². The maximum Gasteiger partial charge on any atom is 0.319 e. The number of halogens is 2. The van der Waals surface area contributed by atoms with Gasteiger partial charge < -0.3 is 9.05 Å². The van der Waals surface area contributed by atoms with Crippen LogP contribution in [0.4, 0.5) is 0 Å². The molecular weight excluding hydrogens is 318 g/mol. The first kappa shape index (κ1) is 15.6. The average molecular weight is 331 g/mol. The number of benzene rings is 2. The summed E-state index contributed by atoms with van der Waals surface area (Å²) in [6.45, 7) is 0.463. The van der Waals surface area contributed by atoms with E-state index in [1.165, 1.54) is 0 Å². The summed E-state index contributed by atoms with van der Waals surface area (Å²) in [4.78, 5) is 0. The molecule has 0 bridgehead atoms. The number of hydrogen-bond acceptors (Lipinski definition) is 3. The lowest BCUT2D eigenvalue weighted by molar-refractivity contribution is 0.213. The van der Waals surface area contributed by atoms with Crippen molar-refractivity contribution in [1.29, 1.82) is 0 Å². The second-order valence-corrected chi connectivity index (χ2v) is 6.03. The molecule has 0 N–H and O–H groups in total. The van der Waals surface area contributed by atoms with Crippen molar-refractivity contribution in [3.63, 3.8) is 0 Å². The molecule has 2 rings (SSSR count). The summed E-state index contributed by atoms with van der Waals surface area (Å²) >= 11 is 11.5. The smallest absolute Gasteiger partial charge is 0.306 e. The van der Waals surface area contributed by atoms with Gasteiger partial charge in [0.2, 0.25) is 0 Å². The lowest BCUT2D eigenvalue weighted by Crippen LogP contribution is -1.89. The Bertz CT molecular complexity index is 518. The van der Waals surface area contributed by atoms with Crippen LogP contribution < -0.4 is 0 Å². The molecule has 0 heterocycles. The van der Waals surface area contributed by atoms with Crippen LogP contribution in [0.25, 0.3) is 0 Å².